The molecule has 1 fully saturated rings. The van der Waals surface area contributed by atoms with Gasteiger partial charge in [0.2, 0.25) is 5.91 Å². The molecule has 1 amide bonds. The highest BCUT2D eigenvalue weighted by Crippen LogP contribution is 2.25. The maximum absolute atomic E-state index is 12.2. The van der Waals surface area contributed by atoms with Gasteiger partial charge in [0.05, 0.1) is 19.4 Å². The lowest BCUT2D eigenvalue weighted by Crippen LogP contribution is -2.43. The van der Waals surface area contributed by atoms with Crippen molar-refractivity contribution < 1.29 is 9.21 Å². The first kappa shape index (κ1) is 13.1. The molecule has 1 N–H and O–H groups in total. The quantitative estimate of drug-likeness (QED) is 0.841. The predicted molar refractivity (Wildman–Crippen MR) is 70.1 cm³/mol. The fourth-order valence-electron chi connectivity index (χ4n) is 2.54. The monoisotopic (exact) mass is 250 g/mol. The summed E-state index contributed by atoms with van der Waals surface area (Å²) in [4.78, 5) is 14.2. The molecule has 1 aliphatic rings. The summed E-state index contributed by atoms with van der Waals surface area (Å²) < 4.78 is 5.36. The number of nitrogens with zero attached hydrogens (tertiary/aromatic N) is 1. The van der Waals surface area contributed by atoms with Crippen molar-refractivity contribution in [2.45, 2.75) is 45.2 Å². The van der Waals surface area contributed by atoms with Crippen LogP contribution in [0, 0.1) is 0 Å². The minimum atomic E-state index is 0.181. The lowest BCUT2D eigenvalue weighted by Gasteiger charge is -2.28. The van der Waals surface area contributed by atoms with Crippen LogP contribution in [-0.4, -0.2) is 29.9 Å². The van der Waals surface area contributed by atoms with Crippen LogP contribution in [0.15, 0.2) is 22.8 Å². The number of likely N-dealkylation sites (N-methyl/N-ethyl adjacent to an activating group) is 1. The number of hydrogen-bond donors (Lipinski definition) is 1. The third kappa shape index (κ3) is 3.35. The van der Waals surface area contributed by atoms with Crippen molar-refractivity contribution in [2.24, 2.45) is 0 Å². The second kappa shape index (κ2) is 6.59. The first-order valence-corrected chi connectivity index (χ1v) is 6.84. The molecule has 1 aromatic rings. The molecule has 4 heteroatoms. The molecule has 1 aromatic heterocycles. The minimum absolute atomic E-state index is 0.181. The van der Waals surface area contributed by atoms with Crippen LogP contribution < -0.4 is 5.32 Å². The molecule has 1 heterocycles. The maximum atomic E-state index is 12.2. The number of carbonyl (C=O) groups excluding carboxylic acids is 1. The predicted octanol–water partition coefficient (Wildman–Crippen LogP) is 2.16. The number of furan rings is 1. The largest absolute Gasteiger partial charge is 0.467 e. The summed E-state index contributed by atoms with van der Waals surface area (Å²) in [5.41, 5.74) is 0. The Morgan fingerprint density at radius 1 is 1.50 bits per heavy atom. The van der Waals surface area contributed by atoms with Gasteiger partial charge in [0.15, 0.2) is 0 Å². The molecular formula is C14H22N2O2. The van der Waals surface area contributed by atoms with Gasteiger partial charge in [0.25, 0.3) is 0 Å². The van der Waals surface area contributed by atoms with Gasteiger partial charge < -0.3 is 14.6 Å². The van der Waals surface area contributed by atoms with Crippen molar-refractivity contribution in [1.29, 1.82) is 0 Å². The van der Waals surface area contributed by atoms with Gasteiger partial charge in [-0.2, -0.15) is 0 Å². The van der Waals surface area contributed by atoms with E-state index in [1.54, 1.807) is 6.26 Å². The molecule has 0 saturated heterocycles. The summed E-state index contributed by atoms with van der Waals surface area (Å²) in [6, 6.07) is 4.20. The van der Waals surface area contributed by atoms with E-state index in [4.69, 9.17) is 4.42 Å². The Bertz CT molecular complexity index is 356. The van der Waals surface area contributed by atoms with E-state index in [9.17, 15) is 4.79 Å². The van der Waals surface area contributed by atoms with Crippen LogP contribution in [0.3, 0.4) is 0 Å². The Morgan fingerprint density at radius 3 is 2.89 bits per heavy atom. The highest BCUT2D eigenvalue weighted by atomic mass is 16.3. The van der Waals surface area contributed by atoms with E-state index in [2.05, 4.69) is 5.32 Å². The third-order valence-corrected chi connectivity index (χ3v) is 3.52. The summed E-state index contributed by atoms with van der Waals surface area (Å²) >= 11 is 0. The van der Waals surface area contributed by atoms with Gasteiger partial charge in [-0.3, -0.25) is 4.79 Å². The second-order valence-electron chi connectivity index (χ2n) is 4.82. The normalized spacial score (nSPS) is 16.1. The van der Waals surface area contributed by atoms with Crippen molar-refractivity contribution in [3.8, 4) is 0 Å². The Balaban J connectivity index is 1.99. The van der Waals surface area contributed by atoms with Crippen molar-refractivity contribution in [2.75, 3.05) is 13.1 Å². The molecule has 0 aromatic carbocycles. The molecule has 1 saturated carbocycles. The van der Waals surface area contributed by atoms with Gasteiger partial charge in [-0.05, 0) is 31.5 Å². The lowest BCUT2D eigenvalue weighted by molar-refractivity contribution is -0.133. The summed E-state index contributed by atoms with van der Waals surface area (Å²) in [5, 5.41) is 3.11. The molecule has 2 rings (SSSR count). The highest BCUT2D eigenvalue weighted by Gasteiger charge is 2.26. The number of carbonyl (C=O) groups is 1. The second-order valence-corrected chi connectivity index (χ2v) is 4.82. The number of hydrogen-bond acceptors (Lipinski definition) is 3. The molecule has 18 heavy (non-hydrogen) atoms. The van der Waals surface area contributed by atoms with Gasteiger partial charge in [-0.15, -0.1) is 0 Å². The minimum Gasteiger partial charge on any atom is -0.467 e. The van der Waals surface area contributed by atoms with Crippen LogP contribution in [0.5, 0.6) is 0 Å². The highest BCUT2D eigenvalue weighted by molar-refractivity contribution is 5.78. The van der Waals surface area contributed by atoms with Gasteiger partial charge in [-0.1, -0.05) is 19.8 Å². The van der Waals surface area contributed by atoms with E-state index in [1.807, 2.05) is 24.0 Å². The number of amides is 1. The molecule has 0 unspecified atom stereocenters. The fourth-order valence-corrected chi connectivity index (χ4v) is 2.54. The van der Waals surface area contributed by atoms with Crippen LogP contribution in [0.1, 0.15) is 38.4 Å². The zero-order valence-electron chi connectivity index (χ0n) is 11.0. The molecule has 1 aliphatic carbocycles. The van der Waals surface area contributed by atoms with Gasteiger partial charge in [0, 0.05) is 6.04 Å². The Kier molecular flexibility index (Phi) is 4.81. The van der Waals surface area contributed by atoms with Crippen molar-refractivity contribution in [3.05, 3.63) is 24.2 Å². The van der Waals surface area contributed by atoms with Crippen molar-refractivity contribution in [3.63, 3.8) is 0 Å². The Labute approximate surface area is 108 Å². The van der Waals surface area contributed by atoms with Crippen LogP contribution >= 0.6 is 0 Å². The van der Waals surface area contributed by atoms with Crippen LogP contribution in [0.25, 0.3) is 0 Å². The SMILES string of the molecule is CCNCC(=O)N(Cc1ccco1)C1CCCC1. The van der Waals surface area contributed by atoms with Gasteiger partial charge in [-0.25, -0.2) is 0 Å². The smallest absolute Gasteiger partial charge is 0.237 e. The Morgan fingerprint density at radius 2 is 2.28 bits per heavy atom. The van der Waals surface area contributed by atoms with E-state index in [1.165, 1.54) is 12.8 Å². The molecule has 0 aliphatic heterocycles. The Hall–Kier alpha value is -1.29. The molecule has 0 bridgehead atoms. The van der Waals surface area contributed by atoms with E-state index in [-0.39, 0.29) is 5.91 Å². The lowest BCUT2D eigenvalue weighted by atomic mass is 10.2. The first-order chi connectivity index (χ1) is 8.81. The molecule has 100 valence electrons. The number of rotatable bonds is 6. The summed E-state index contributed by atoms with van der Waals surface area (Å²) in [5.74, 6) is 1.05. The maximum Gasteiger partial charge on any atom is 0.237 e. The zero-order chi connectivity index (χ0) is 12.8. The topological polar surface area (TPSA) is 45.5 Å². The summed E-state index contributed by atoms with van der Waals surface area (Å²) in [6.07, 6.45) is 6.37. The van der Waals surface area contributed by atoms with Crippen LogP contribution in [0.4, 0.5) is 0 Å². The third-order valence-electron chi connectivity index (χ3n) is 3.52. The molecular weight excluding hydrogens is 228 g/mol. The number of nitrogens with one attached hydrogen (secondary N) is 1. The molecule has 0 spiro atoms. The van der Waals surface area contributed by atoms with Crippen molar-refractivity contribution in [1.82, 2.24) is 10.2 Å². The first-order valence-electron chi connectivity index (χ1n) is 6.84. The van der Waals surface area contributed by atoms with E-state index < -0.39 is 0 Å². The standard InChI is InChI=1S/C14H22N2O2/c1-2-15-10-14(17)16(12-6-3-4-7-12)11-13-8-5-9-18-13/h5,8-9,12,15H,2-4,6-7,10-11H2,1H3. The van der Waals surface area contributed by atoms with Gasteiger partial charge >= 0.3 is 0 Å². The summed E-state index contributed by atoms with van der Waals surface area (Å²) in [6.45, 7) is 3.86. The van der Waals surface area contributed by atoms with Crippen LogP contribution in [-0.2, 0) is 11.3 Å². The van der Waals surface area contributed by atoms with E-state index in [0.29, 0.717) is 19.1 Å². The average Bonchev–Trinajstić information content (AvgIpc) is 3.05. The molecule has 0 radical (unpaired) electrons. The fraction of sp³-hybridized carbons (Fsp3) is 0.643. The average molecular weight is 250 g/mol. The van der Waals surface area contributed by atoms with E-state index in [0.717, 1.165) is 25.1 Å². The van der Waals surface area contributed by atoms with Crippen molar-refractivity contribution >= 4 is 5.91 Å². The molecule has 0 atom stereocenters. The summed E-state index contributed by atoms with van der Waals surface area (Å²) in [7, 11) is 0. The molecule has 4 nitrogen and oxygen atoms in total. The zero-order valence-corrected chi connectivity index (χ0v) is 11.0. The van der Waals surface area contributed by atoms with Crippen LogP contribution in [0.2, 0.25) is 0 Å². The van der Waals surface area contributed by atoms with E-state index >= 15 is 0 Å². The van der Waals surface area contributed by atoms with Gasteiger partial charge in [0.1, 0.15) is 5.76 Å².